The van der Waals surface area contributed by atoms with Gasteiger partial charge in [0.15, 0.2) is 0 Å². The first-order chi connectivity index (χ1) is 15.9. The van der Waals surface area contributed by atoms with E-state index in [9.17, 15) is 18.8 Å². The first-order valence-electron chi connectivity index (χ1n) is 10.9. The molecule has 0 saturated carbocycles. The van der Waals surface area contributed by atoms with E-state index in [-0.39, 0.29) is 35.8 Å². The van der Waals surface area contributed by atoms with Gasteiger partial charge < -0.3 is 10.2 Å². The summed E-state index contributed by atoms with van der Waals surface area (Å²) >= 11 is 0. The van der Waals surface area contributed by atoms with Crippen LogP contribution in [0.5, 0.6) is 0 Å². The fourth-order valence-electron chi connectivity index (χ4n) is 3.74. The minimum atomic E-state index is -0.536. The van der Waals surface area contributed by atoms with Crippen molar-refractivity contribution in [3.63, 3.8) is 0 Å². The molecule has 0 saturated heterocycles. The average molecular weight is 448 g/mol. The van der Waals surface area contributed by atoms with Crippen LogP contribution in [-0.2, 0) is 29.2 Å². The van der Waals surface area contributed by atoms with Gasteiger partial charge in [0.05, 0.1) is 6.20 Å². The number of carbonyl (C=O) groups excluding carboxylic acids is 2. The second-order valence-electron chi connectivity index (χ2n) is 8.21. The largest absolute Gasteiger partial charge is 0.332 e. The zero-order valence-corrected chi connectivity index (χ0v) is 18.5. The summed E-state index contributed by atoms with van der Waals surface area (Å²) in [6.45, 7) is 4.33. The van der Waals surface area contributed by atoms with Gasteiger partial charge in [0.2, 0.25) is 11.8 Å². The van der Waals surface area contributed by atoms with E-state index in [1.165, 1.54) is 35.0 Å². The van der Waals surface area contributed by atoms with Gasteiger partial charge in [-0.2, -0.15) is 0 Å². The number of amides is 2. The van der Waals surface area contributed by atoms with E-state index in [0.29, 0.717) is 25.1 Å². The molecule has 0 bridgehead atoms. The first kappa shape index (κ1) is 22.4. The molecule has 1 aliphatic heterocycles. The Morgan fingerprint density at radius 1 is 1.09 bits per heavy atom. The highest BCUT2D eigenvalue weighted by atomic mass is 19.1. The van der Waals surface area contributed by atoms with Crippen LogP contribution in [0.15, 0.2) is 59.5 Å². The molecule has 1 aliphatic rings. The molecule has 1 aromatic heterocycles. The molecular weight excluding hydrogens is 423 g/mol. The normalized spacial score (nSPS) is 13.5. The van der Waals surface area contributed by atoms with E-state index < -0.39 is 11.4 Å². The molecule has 0 unspecified atom stereocenters. The molecule has 0 radical (unpaired) electrons. The summed E-state index contributed by atoms with van der Waals surface area (Å²) in [5.41, 5.74) is 2.11. The van der Waals surface area contributed by atoms with Crippen LogP contribution in [0, 0.1) is 11.7 Å². The zero-order valence-electron chi connectivity index (χ0n) is 18.5. The van der Waals surface area contributed by atoms with E-state index in [4.69, 9.17) is 0 Å². The van der Waals surface area contributed by atoms with Gasteiger partial charge in [-0.3, -0.25) is 19.0 Å². The Morgan fingerprint density at radius 3 is 2.33 bits per heavy atom. The lowest BCUT2D eigenvalue weighted by Crippen LogP contribution is -2.36. The molecular formula is C25H25FN4O3. The molecule has 3 aromatic rings. The minimum absolute atomic E-state index is 0.00340. The van der Waals surface area contributed by atoms with Gasteiger partial charge >= 0.3 is 0 Å². The third-order valence-corrected chi connectivity index (χ3v) is 5.95. The van der Waals surface area contributed by atoms with E-state index in [0.717, 1.165) is 11.1 Å². The standard InChI is InChI=1S/C25H25FN4O3/c1-3-16(2)24(32)28-21-12-27-23(17-8-10-20(26)11-9-17)30(25(21)33)15-22(31)29-13-18-6-4-5-7-19(18)14-29/h4-12,16H,3,13-15H2,1-2H3,(H,28,32)/t16-/m1/s1. The van der Waals surface area contributed by atoms with E-state index in [1.807, 2.05) is 31.2 Å². The topological polar surface area (TPSA) is 84.3 Å². The highest BCUT2D eigenvalue weighted by Crippen LogP contribution is 2.23. The molecule has 2 aromatic carbocycles. The fraction of sp³-hybridized carbons (Fsp3) is 0.280. The van der Waals surface area contributed by atoms with Crippen molar-refractivity contribution >= 4 is 17.5 Å². The number of benzene rings is 2. The maximum atomic E-state index is 13.4. The number of halogens is 1. The second kappa shape index (κ2) is 9.36. The molecule has 4 rings (SSSR count). The van der Waals surface area contributed by atoms with Crippen molar-refractivity contribution in [1.82, 2.24) is 14.5 Å². The third-order valence-electron chi connectivity index (χ3n) is 5.95. The van der Waals surface area contributed by atoms with Gasteiger partial charge in [-0.1, -0.05) is 38.1 Å². The summed E-state index contributed by atoms with van der Waals surface area (Å²) in [7, 11) is 0. The molecule has 0 fully saturated rings. The lowest BCUT2D eigenvalue weighted by atomic mass is 10.1. The van der Waals surface area contributed by atoms with E-state index in [2.05, 4.69) is 10.3 Å². The van der Waals surface area contributed by atoms with Crippen molar-refractivity contribution in [2.75, 3.05) is 5.32 Å². The van der Waals surface area contributed by atoms with Gasteiger partial charge in [-0.15, -0.1) is 0 Å². The van der Waals surface area contributed by atoms with Crippen molar-refractivity contribution < 1.29 is 14.0 Å². The van der Waals surface area contributed by atoms with Gasteiger partial charge in [0.1, 0.15) is 23.9 Å². The summed E-state index contributed by atoms with van der Waals surface area (Å²) < 4.78 is 14.7. The number of hydrogen-bond donors (Lipinski definition) is 1. The Hall–Kier alpha value is -3.81. The van der Waals surface area contributed by atoms with Gasteiger partial charge in [-0.25, -0.2) is 9.37 Å². The number of hydrogen-bond acceptors (Lipinski definition) is 4. The van der Waals surface area contributed by atoms with Gasteiger partial charge in [0, 0.05) is 24.6 Å². The average Bonchev–Trinajstić information content (AvgIpc) is 3.26. The van der Waals surface area contributed by atoms with Crippen LogP contribution >= 0.6 is 0 Å². The Labute approximate surface area is 190 Å². The van der Waals surface area contributed by atoms with Gasteiger partial charge in [-0.05, 0) is 41.8 Å². The molecule has 170 valence electrons. The SMILES string of the molecule is CC[C@@H](C)C(=O)Nc1cnc(-c2ccc(F)cc2)n(CC(=O)N2Cc3ccccc3C2)c1=O. The minimum Gasteiger partial charge on any atom is -0.332 e. The summed E-state index contributed by atoms with van der Waals surface area (Å²) in [6, 6.07) is 13.3. The number of aromatic nitrogens is 2. The molecule has 2 heterocycles. The number of nitrogens with one attached hydrogen (secondary N) is 1. The van der Waals surface area contributed by atoms with Crippen LogP contribution in [-0.4, -0.2) is 26.3 Å². The molecule has 1 N–H and O–H groups in total. The van der Waals surface area contributed by atoms with Crippen LogP contribution < -0.4 is 10.9 Å². The van der Waals surface area contributed by atoms with Crippen molar-refractivity contribution in [2.45, 2.75) is 39.9 Å². The lowest BCUT2D eigenvalue weighted by molar-refractivity contribution is -0.132. The lowest BCUT2D eigenvalue weighted by Gasteiger charge is -2.19. The smallest absolute Gasteiger partial charge is 0.278 e. The molecule has 33 heavy (non-hydrogen) atoms. The number of rotatable bonds is 6. The summed E-state index contributed by atoms with van der Waals surface area (Å²) in [5.74, 6) is -1.01. The molecule has 8 heteroatoms. The van der Waals surface area contributed by atoms with Gasteiger partial charge in [0.25, 0.3) is 5.56 Å². The Morgan fingerprint density at radius 2 is 1.73 bits per heavy atom. The van der Waals surface area contributed by atoms with E-state index >= 15 is 0 Å². The van der Waals surface area contributed by atoms with Crippen molar-refractivity contribution in [3.8, 4) is 11.4 Å². The summed E-state index contributed by atoms with van der Waals surface area (Å²) in [5, 5.41) is 2.63. The zero-order chi connectivity index (χ0) is 23.5. The molecule has 0 aliphatic carbocycles. The van der Waals surface area contributed by atoms with Crippen LogP contribution in [0.4, 0.5) is 10.1 Å². The number of fused-ring (bicyclic) bond motifs is 1. The highest BCUT2D eigenvalue weighted by molar-refractivity contribution is 5.92. The summed E-state index contributed by atoms with van der Waals surface area (Å²) in [6.07, 6.45) is 1.91. The van der Waals surface area contributed by atoms with E-state index in [1.54, 1.807) is 11.8 Å². The Balaban J connectivity index is 1.68. The predicted octanol–water partition coefficient (Wildman–Crippen LogP) is 3.58. The summed E-state index contributed by atoms with van der Waals surface area (Å²) in [4.78, 5) is 44.8. The maximum Gasteiger partial charge on any atom is 0.278 e. The fourth-order valence-corrected chi connectivity index (χ4v) is 3.74. The third kappa shape index (κ3) is 4.69. The quantitative estimate of drug-likeness (QED) is 0.625. The second-order valence-corrected chi connectivity index (χ2v) is 8.21. The Bertz CT molecular complexity index is 1230. The Kier molecular flexibility index (Phi) is 6.35. The first-order valence-corrected chi connectivity index (χ1v) is 10.9. The maximum absolute atomic E-state index is 13.4. The molecule has 1 atom stereocenters. The number of nitrogens with zero attached hydrogens (tertiary/aromatic N) is 3. The van der Waals surface area contributed by atoms with Crippen LogP contribution in [0.1, 0.15) is 31.4 Å². The highest BCUT2D eigenvalue weighted by Gasteiger charge is 2.25. The molecule has 7 nitrogen and oxygen atoms in total. The van der Waals surface area contributed by atoms with Crippen LogP contribution in [0.25, 0.3) is 11.4 Å². The number of carbonyl (C=O) groups is 2. The van der Waals surface area contributed by atoms with Crippen molar-refractivity contribution in [2.24, 2.45) is 5.92 Å². The molecule has 2 amide bonds. The number of anilines is 1. The monoisotopic (exact) mass is 448 g/mol. The van der Waals surface area contributed by atoms with Crippen molar-refractivity contribution in [3.05, 3.63) is 82.0 Å². The van der Waals surface area contributed by atoms with Crippen molar-refractivity contribution in [1.29, 1.82) is 0 Å². The molecule has 0 spiro atoms. The van der Waals surface area contributed by atoms with Crippen LogP contribution in [0.2, 0.25) is 0 Å². The van der Waals surface area contributed by atoms with Crippen LogP contribution in [0.3, 0.4) is 0 Å². The predicted molar refractivity (Wildman–Crippen MR) is 123 cm³/mol.